The summed E-state index contributed by atoms with van der Waals surface area (Å²) in [5, 5.41) is 21.5. The maximum Gasteiger partial charge on any atom is 0.156 e. The number of aromatic hydroxyl groups is 2. The summed E-state index contributed by atoms with van der Waals surface area (Å²) in [6, 6.07) is 23.9. The number of aromatic nitrogens is 2. The fourth-order valence-electron chi connectivity index (χ4n) is 4.01. The lowest BCUT2D eigenvalue weighted by molar-refractivity contribution is 0.476. The van der Waals surface area contributed by atoms with Crippen LogP contribution in [0.25, 0.3) is 44.3 Å². The molecule has 4 N–H and O–H groups in total. The van der Waals surface area contributed by atoms with Gasteiger partial charge in [0.25, 0.3) is 0 Å². The van der Waals surface area contributed by atoms with Crippen LogP contribution in [0.2, 0.25) is 0 Å². The molecule has 0 spiro atoms. The SMILES string of the molecule is C.Oc1cc(Br)ccc1-c1[nH]c2ccc(Br)cc2c1F.Oc1cc(Br)ccc1-c1cc2cc(Br)ccc2[nH]1. The molecule has 6 rings (SSSR count). The van der Waals surface area contributed by atoms with Crippen LogP contribution < -0.4 is 0 Å². The number of phenolic OH excluding ortho intramolecular Hbond substituents is 2. The topological polar surface area (TPSA) is 72.0 Å². The molecule has 0 saturated carbocycles. The van der Waals surface area contributed by atoms with Crippen molar-refractivity contribution in [2.45, 2.75) is 7.43 Å². The van der Waals surface area contributed by atoms with Gasteiger partial charge in [0.15, 0.2) is 5.82 Å². The zero-order chi connectivity index (χ0) is 26.3. The average molecular weight is 768 g/mol. The number of halogens is 5. The molecule has 0 aliphatic heterocycles. The highest BCUT2D eigenvalue weighted by atomic mass is 79.9. The molecular weight excluding hydrogens is 747 g/mol. The number of hydrogen-bond acceptors (Lipinski definition) is 2. The van der Waals surface area contributed by atoms with Gasteiger partial charge >= 0.3 is 0 Å². The highest BCUT2D eigenvalue weighted by Gasteiger charge is 2.16. The van der Waals surface area contributed by atoms with E-state index in [0.717, 1.165) is 40.1 Å². The lowest BCUT2D eigenvalue weighted by Crippen LogP contribution is -1.82. The van der Waals surface area contributed by atoms with Gasteiger partial charge in [-0.25, -0.2) is 4.39 Å². The number of H-pyrrole nitrogens is 2. The molecule has 9 heteroatoms. The van der Waals surface area contributed by atoms with E-state index in [1.54, 1.807) is 30.3 Å². The summed E-state index contributed by atoms with van der Waals surface area (Å²) in [4.78, 5) is 6.30. The third-order valence-electron chi connectivity index (χ3n) is 5.76. The second-order valence-corrected chi connectivity index (χ2v) is 11.9. The molecule has 0 bridgehead atoms. The minimum atomic E-state index is -0.367. The van der Waals surface area contributed by atoms with E-state index in [9.17, 15) is 14.6 Å². The van der Waals surface area contributed by atoms with Gasteiger partial charge in [0.05, 0.1) is 11.4 Å². The van der Waals surface area contributed by atoms with E-state index in [1.165, 1.54) is 6.07 Å². The van der Waals surface area contributed by atoms with Crippen molar-refractivity contribution >= 4 is 85.5 Å². The molecule has 4 nitrogen and oxygen atoms in total. The van der Waals surface area contributed by atoms with Gasteiger partial charge in [0.1, 0.15) is 11.5 Å². The molecule has 2 heterocycles. The number of fused-ring (bicyclic) bond motifs is 2. The number of aromatic amines is 2. The Morgan fingerprint density at radius 2 is 1.11 bits per heavy atom. The summed E-state index contributed by atoms with van der Waals surface area (Å²) in [6.45, 7) is 0. The Kier molecular flexibility index (Phi) is 8.72. The number of rotatable bonds is 2. The van der Waals surface area contributed by atoms with E-state index >= 15 is 0 Å². The van der Waals surface area contributed by atoms with Crippen molar-refractivity contribution in [1.82, 2.24) is 9.97 Å². The van der Waals surface area contributed by atoms with E-state index < -0.39 is 0 Å². The van der Waals surface area contributed by atoms with Gasteiger partial charge in [-0.2, -0.15) is 0 Å². The average Bonchev–Trinajstić information content (AvgIpc) is 3.40. The van der Waals surface area contributed by atoms with Crippen molar-refractivity contribution < 1.29 is 14.6 Å². The summed E-state index contributed by atoms with van der Waals surface area (Å²) in [5.74, 6) is -0.0807. The zero-order valence-corrected chi connectivity index (χ0v) is 25.1. The van der Waals surface area contributed by atoms with Gasteiger partial charge in [-0.1, -0.05) is 71.1 Å². The third-order valence-corrected chi connectivity index (χ3v) is 7.73. The number of phenols is 2. The van der Waals surface area contributed by atoms with E-state index in [4.69, 9.17) is 0 Å². The number of benzene rings is 4. The number of hydrogen-bond donors (Lipinski definition) is 4. The van der Waals surface area contributed by atoms with Gasteiger partial charge in [-0.05, 0) is 78.9 Å². The first-order valence-electron chi connectivity index (χ1n) is 10.9. The summed E-state index contributed by atoms with van der Waals surface area (Å²) in [6.07, 6.45) is 0. The maximum absolute atomic E-state index is 14.4. The van der Waals surface area contributed by atoms with Gasteiger partial charge in [0.2, 0.25) is 0 Å². The molecule has 4 aromatic carbocycles. The first-order chi connectivity index (χ1) is 17.7. The molecule has 0 amide bonds. The van der Waals surface area contributed by atoms with Crippen molar-refractivity contribution in [2.75, 3.05) is 0 Å². The Morgan fingerprint density at radius 1 is 0.579 bits per heavy atom. The van der Waals surface area contributed by atoms with E-state index in [0.29, 0.717) is 16.5 Å². The van der Waals surface area contributed by atoms with Crippen molar-refractivity contribution in [3.05, 3.63) is 103 Å². The predicted molar refractivity (Wildman–Crippen MR) is 168 cm³/mol. The van der Waals surface area contributed by atoms with Crippen LogP contribution in [0.4, 0.5) is 4.39 Å². The van der Waals surface area contributed by atoms with E-state index in [-0.39, 0.29) is 30.4 Å². The zero-order valence-electron chi connectivity index (χ0n) is 18.8. The first-order valence-corrected chi connectivity index (χ1v) is 14.1. The first kappa shape index (κ1) is 28.4. The fraction of sp³-hybridized carbons (Fsp3) is 0.0345. The standard InChI is InChI=1S/C14H8Br2FNO.C14H9Br2NO.CH4/c15-7-2-4-11-10(5-7)13(17)14(18-11)9-3-1-8(16)6-12(9)19;15-9-2-4-12-8(5-9)6-13(17-12)11-3-1-10(16)7-14(11)18;/h1-6,18-19H;1-7,17-18H;1H4. The molecule has 0 saturated heterocycles. The highest BCUT2D eigenvalue weighted by Crippen LogP contribution is 2.36. The maximum atomic E-state index is 14.4. The Labute approximate surface area is 252 Å². The molecule has 2 aromatic heterocycles. The molecular formula is C29H21Br4FN2O2. The summed E-state index contributed by atoms with van der Waals surface area (Å²) in [5.41, 5.74) is 4.18. The molecule has 0 unspecified atom stereocenters. The Morgan fingerprint density at radius 3 is 1.74 bits per heavy atom. The lowest BCUT2D eigenvalue weighted by atomic mass is 10.1. The van der Waals surface area contributed by atoms with Crippen LogP contribution in [0, 0.1) is 5.82 Å². The normalized spacial score (nSPS) is 10.8. The third kappa shape index (κ3) is 5.86. The van der Waals surface area contributed by atoms with Gasteiger partial charge in [0, 0.05) is 50.8 Å². The lowest BCUT2D eigenvalue weighted by Gasteiger charge is -2.03. The minimum Gasteiger partial charge on any atom is -0.507 e. The van der Waals surface area contributed by atoms with Crippen molar-refractivity contribution in [3.8, 4) is 34.0 Å². The number of nitrogens with one attached hydrogen (secondary N) is 2. The van der Waals surface area contributed by atoms with Crippen molar-refractivity contribution in [1.29, 1.82) is 0 Å². The molecule has 6 aromatic rings. The van der Waals surface area contributed by atoms with Crippen LogP contribution in [0.5, 0.6) is 11.5 Å². The van der Waals surface area contributed by atoms with E-state index in [2.05, 4.69) is 73.7 Å². The second kappa shape index (κ2) is 11.7. The summed E-state index contributed by atoms with van der Waals surface area (Å²) < 4.78 is 17.9. The van der Waals surface area contributed by atoms with Crippen LogP contribution >= 0.6 is 63.7 Å². The molecule has 0 aliphatic rings. The predicted octanol–water partition coefficient (Wildman–Crippen LogP) is 10.9. The Hall–Kier alpha value is -2.59. The van der Waals surface area contributed by atoms with Crippen LogP contribution in [0.1, 0.15) is 7.43 Å². The summed E-state index contributed by atoms with van der Waals surface area (Å²) >= 11 is 13.4. The smallest absolute Gasteiger partial charge is 0.156 e. The van der Waals surface area contributed by atoms with Gasteiger partial charge < -0.3 is 20.2 Å². The second-order valence-electron chi connectivity index (χ2n) is 8.24. The van der Waals surface area contributed by atoms with E-state index in [1.807, 2.05) is 42.5 Å². The van der Waals surface area contributed by atoms with Gasteiger partial charge in [-0.15, -0.1) is 0 Å². The highest BCUT2D eigenvalue weighted by molar-refractivity contribution is 9.11. The molecule has 0 atom stereocenters. The minimum absolute atomic E-state index is 0. The molecule has 0 radical (unpaired) electrons. The van der Waals surface area contributed by atoms with Crippen LogP contribution in [-0.4, -0.2) is 20.2 Å². The van der Waals surface area contributed by atoms with Gasteiger partial charge in [-0.3, -0.25) is 0 Å². The summed E-state index contributed by atoms with van der Waals surface area (Å²) in [7, 11) is 0. The largest absolute Gasteiger partial charge is 0.507 e. The molecule has 194 valence electrons. The van der Waals surface area contributed by atoms with Crippen LogP contribution in [0.15, 0.2) is 96.8 Å². The Balaban J connectivity index is 0.000000173. The quantitative estimate of drug-likeness (QED) is 0.142. The van der Waals surface area contributed by atoms with Crippen molar-refractivity contribution in [2.24, 2.45) is 0 Å². The fourth-order valence-corrected chi connectivity index (χ4v) is 5.45. The van der Waals surface area contributed by atoms with Crippen LogP contribution in [-0.2, 0) is 0 Å². The monoisotopic (exact) mass is 764 g/mol. The Bertz CT molecular complexity index is 1780. The van der Waals surface area contributed by atoms with Crippen LogP contribution in [0.3, 0.4) is 0 Å². The molecule has 0 aliphatic carbocycles. The van der Waals surface area contributed by atoms with Crippen molar-refractivity contribution in [3.63, 3.8) is 0 Å². The molecule has 38 heavy (non-hydrogen) atoms. The molecule has 0 fully saturated rings.